The van der Waals surface area contributed by atoms with Gasteiger partial charge in [-0.15, -0.1) is 0 Å². The standard InChI is InChI=1S/C12H15BrClFO2S/c1-12(2,18(3,16)17)11(13)7-8-9(14)5-4-6-10(8)15/h4-6,11H,7H2,1-3H3. The number of hydrogen-bond acceptors (Lipinski definition) is 2. The van der Waals surface area contributed by atoms with Crippen LogP contribution < -0.4 is 0 Å². The second-order valence-electron chi connectivity index (χ2n) is 4.75. The Balaban J connectivity index is 3.06. The lowest BCUT2D eigenvalue weighted by atomic mass is 10.0. The summed E-state index contributed by atoms with van der Waals surface area (Å²) in [7, 11) is -3.26. The molecule has 0 bridgehead atoms. The Kier molecular flexibility index (Phi) is 4.84. The van der Waals surface area contributed by atoms with E-state index in [4.69, 9.17) is 11.6 Å². The van der Waals surface area contributed by atoms with E-state index in [0.29, 0.717) is 10.6 Å². The Labute approximate surface area is 121 Å². The molecule has 0 fully saturated rings. The highest BCUT2D eigenvalue weighted by atomic mass is 79.9. The molecule has 0 aliphatic rings. The van der Waals surface area contributed by atoms with E-state index >= 15 is 0 Å². The van der Waals surface area contributed by atoms with Gasteiger partial charge in [-0.05, 0) is 32.4 Å². The van der Waals surface area contributed by atoms with Crippen LogP contribution in [0.25, 0.3) is 0 Å². The Morgan fingerprint density at radius 3 is 2.44 bits per heavy atom. The smallest absolute Gasteiger partial charge is 0.153 e. The minimum atomic E-state index is -3.26. The van der Waals surface area contributed by atoms with Crippen molar-refractivity contribution in [2.75, 3.05) is 6.26 Å². The molecule has 0 heterocycles. The number of sulfone groups is 1. The van der Waals surface area contributed by atoms with Crippen LogP contribution in [-0.2, 0) is 16.3 Å². The van der Waals surface area contributed by atoms with E-state index in [1.165, 1.54) is 18.4 Å². The zero-order valence-electron chi connectivity index (χ0n) is 10.4. The highest BCUT2D eigenvalue weighted by molar-refractivity contribution is 9.09. The van der Waals surface area contributed by atoms with Crippen molar-refractivity contribution < 1.29 is 12.8 Å². The summed E-state index contributed by atoms with van der Waals surface area (Å²) in [6.07, 6.45) is 1.38. The molecule has 0 radical (unpaired) electrons. The van der Waals surface area contributed by atoms with Gasteiger partial charge in [0.15, 0.2) is 9.84 Å². The van der Waals surface area contributed by atoms with Gasteiger partial charge in [-0.2, -0.15) is 0 Å². The van der Waals surface area contributed by atoms with E-state index in [2.05, 4.69) is 15.9 Å². The van der Waals surface area contributed by atoms with Gasteiger partial charge in [0.05, 0.1) is 4.75 Å². The minimum absolute atomic E-state index is 0.214. The molecule has 0 saturated carbocycles. The molecule has 0 aliphatic carbocycles. The quantitative estimate of drug-likeness (QED) is 0.772. The van der Waals surface area contributed by atoms with Crippen molar-refractivity contribution in [3.05, 3.63) is 34.6 Å². The zero-order chi connectivity index (χ0) is 14.1. The molecule has 1 aromatic carbocycles. The maximum Gasteiger partial charge on any atom is 0.153 e. The Morgan fingerprint density at radius 1 is 1.44 bits per heavy atom. The van der Waals surface area contributed by atoms with Crippen LogP contribution in [0.4, 0.5) is 4.39 Å². The van der Waals surface area contributed by atoms with Crippen molar-refractivity contribution in [3.8, 4) is 0 Å². The van der Waals surface area contributed by atoms with Gasteiger partial charge in [0.1, 0.15) is 5.82 Å². The molecule has 1 aromatic rings. The molecule has 1 unspecified atom stereocenters. The first-order valence-corrected chi connectivity index (χ1v) is 8.52. The second kappa shape index (κ2) is 5.47. The van der Waals surface area contributed by atoms with Gasteiger partial charge >= 0.3 is 0 Å². The SMILES string of the molecule is CC(C)(C(Br)Cc1c(F)cccc1Cl)S(C)(=O)=O. The van der Waals surface area contributed by atoms with Gasteiger partial charge < -0.3 is 0 Å². The molecular weight excluding hydrogens is 343 g/mol. The third kappa shape index (κ3) is 3.25. The Morgan fingerprint density at radius 2 is 2.00 bits per heavy atom. The van der Waals surface area contributed by atoms with Crippen molar-refractivity contribution >= 4 is 37.4 Å². The monoisotopic (exact) mass is 356 g/mol. The molecule has 0 saturated heterocycles. The molecule has 0 N–H and O–H groups in total. The molecule has 0 aromatic heterocycles. The largest absolute Gasteiger partial charge is 0.229 e. The topological polar surface area (TPSA) is 34.1 Å². The van der Waals surface area contributed by atoms with E-state index < -0.39 is 25.2 Å². The summed E-state index contributed by atoms with van der Waals surface area (Å²) in [6, 6.07) is 4.42. The summed E-state index contributed by atoms with van der Waals surface area (Å²) in [5.41, 5.74) is 0.331. The van der Waals surface area contributed by atoms with Crippen molar-refractivity contribution in [1.29, 1.82) is 0 Å². The van der Waals surface area contributed by atoms with Gasteiger partial charge in [0.2, 0.25) is 0 Å². The van der Waals surface area contributed by atoms with Crippen molar-refractivity contribution in [2.45, 2.75) is 29.8 Å². The molecule has 102 valence electrons. The molecule has 1 atom stereocenters. The van der Waals surface area contributed by atoms with Crippen LogP contribution in [0.3, 0.4) is 0 Å². The Hall–Kier alpha value is -0.130. The molecule has 2 nitrogen and oxygen atoms in total. The average Bonchev–Trinajstić information content (AvgIpc) is 2.21. The predicted molar refractivity (Wildman–Crippen MR) is 76.8 cm³/mol. The van der Waals surface area contributed by atoms with Gasteiger partial charge in [-0.3, -0.25) is 0 Å². The normalized spacial score (nSPS) is 14.6. The van der Waals surface area contributed by atoms with Crippen LogP contribution in [0.5, 0.6) is 0 Å². The van der Waals surface area contributed by atoms with E-state index in [-0.39, 0.29) is 6.42 Å². The fraction of sp³-hybridized carbons (Fsp3) is 0.500. The number of hydrogen-bond donors (Lipinski definition) is 0. The predicted octanol–water partition coefficient (Wildman–Crippen LogP) is 3.61. The van der Waals surface area contributed by atoms with E-state index in [9.17, 15) is 12.8 Å². The molecule has 1 rings (SSSR count). The first kappa shape index (κ1) is 15.9. The number of benzene rings is 1. The lowest BCUT2D eigenvalue weighted by molar-refractivity contribution is 0.536. The first-order valence-electron chi connectivity index (χ1n) is 5.34. The second-order valence-corrected chi connectivity index (χ2v) is 8.86. The molecule has 0 spiro atoms. The molecule has 18 heavy (non-hydrogen) atoms. The molecule has 6 heteroatoms. The van der Waals surface area contributed by atoms with Crippen LogP contribution in [-0.4, -0.2) is 24.2 Å². The van der Waals surface area contributed by atoms with Crippen LogP contribution in [0.15, 0.2) is 18.2 Å². The number of alkyl halides is 1. The van der Waals surface area contributed by atoms with E-state index in [1.54, 1.807) is 19.9 Å². The van der Waals surface area contributed by atoms with Gasteiger partial charge in [0, 0.05) is 21.7 Å². The molecular formula is C12H15BrClFO2S. The number of halogens is 3. The Bertz CT molecular complexity index is 523. The first-order chi connectivity index (χ1) is 8.07. The summed E-state index contributed by atoms with van der Waals surface area (Å²) in [4.78, 5) is -0.422. The highest BCUT2D eigenvalue weighted by Gasteiger charge is 2.38. The fourth-order valence-electron chi connectivity index (χ4n) is 1.38. The third-order valence-corrected chi connectivity index (χ3v) is 7.48. The third-order valence-electron chi connectivity index (χ3n) is 3.16. The maximum atomic E-state index is 13.6. The summed E-state index contributed by atoms with van der Waals surface area (Å²) < 4.78 is 36.0. The highest BCUT2D eigenvalue weighted by Crippen LogP contribution is 2.31. The van der Waals surface area contributed by atoms with E-state index in [0.717, 1.165) is 0 Å². The molecule has 0 amide bonds. The lowest BCUT2D eigenvalue weighted by Gasteiger charge is -2.28. The van der Waals surface area contributed by atoms with Crippen molar-refractivity contribution in [2.24, 2.45) is 0 Å². The number of rotatable bonds is 4. The molecule has 0 aliphatic heterocycles. The van der Waals surface area contributed by atoms with Crippen LogP contribution in [0.1, 0.15) is 19.4 Å². The van der Waals surface area contributed by atoms with Crippen LogP contribution in [0.2, 0.25) is 5.02 Å². The lowest BCUT2D eigenvalue weighted by Crippen LogP contribution is -2.41. The summed E-state index contributed by atoms with van der Waals surface area (Å²) >= 11 is 9.26. The summed E-state index contributed by atoms with van der Waals surface area (Å²) in [6.45, 7) is 3.22. The minimum Gasteiger partial charge on any atom is -0.229 e. The average molecular weight is 358 g/mol. The van der Waals surface area contributed by atoms with Crippen molar-refractivity contribution in [1.82, 2.24) is 0 Å². The summed E-state index contributed by atoms with van der Waals surface area (Å²) in [5.74, 6) is -0.420. The zero-order valence-corrected chi connectivity index (χ0v) is 13.5. The van der Waals surface area contributed by atoms with Gasteiger partial charge in [-0.25, -0.2) is 12.8 Å². The van der Waals surface area contributed by atoms with Crippen LogP contribution >= 0.6 is 27.5 Å². The van der Waals surface area contributed by atoms with Crippen molar-refractivity contribution in [3.63, 3.8) is 0 Å². The van der Waals surface area contributed by atoms with Gasteiger partial charge in [-0.1, -0.05) is 33.6 Å². The van der Waals surface area contributed by atoms with E-state index in [1.807, 2.05) is 0 Å². The fourth-order valence-corrected chi connectivity index (χ4v) is 3.52. The maximum absolute atomic E-state index is 13.6. The summed E-state index contributed by atoms with van der Waals surface area (Å²) in [5, 5.41) is 0.309. The van der Waals surface area contributed by atoms with Gasteiger partial charge in [0.25, 0.3) is 0 Å². The van der Waals surface area contributed by atoms with Crippen LogP contribution in [0, 0.1) is 5.82 Å².